The van der Waals surface area contributed by atoms with Crippen molar-refractivity contribution >= 4 is 33.7 Å². The van der Waals surface area contributed by atoms with Crippen molar-refractivity contribution in [1.82, 2.24) is 4.98 Å². The second-order valence-corrected chi connectivity index (χ2v) is 5.60. The van der Waals surface area contributed by atoms with Crippen LogP contribution >= 0.6 is 27.7 Å². The van der Waals surface area contributed by atoms with Crippen LogP contribution in [-0.2, 0) is 5.75 Å². The number of aromatic nitrogens is 1. The van der Waals surface area contributed by atoms with Crippen molar-refractivity contribution in [3.8, 4) is 0 Å². The van der Waals surface area contributed by atoms with Gasteiger partial charge in [0.05, 0.1) is 10.6 Å². The molecule has 2 rings (SSSR count). The van der Waals surface area contributed by atoms with Crippen LogP contribution in [0.5, 0.6) is 0 Å². The highest BCUT2D eigenvalue weighted by Crippen LogP contribution is 2.24. The predicted molar refractivity (Wildman–Crippen MR) is 74.9 cm³/mol. The first-order valence-corrected chi connectivity index (χ1v) is 7.11. The molecule has 6 heteroatoms. The number of halogens is 2. The second kappa shape index (κ2) is 6.16. The Kier molecular flexibility index (Phi) is 4.55. The maximum absolute atomic E-state index is 13.9. The normalized spacial score (nSPS) is 10.4. The smallest absolute Gasteiger partial charge is 0.338 e. The standard InChI is InChI=1S/C13H9BrFNO2S/c14-9-4-5-11(16-6-9)19-7-8-2-1-3-10(12(8)15)13(17)18/h1-6H,7H2,(H,17,18). The summed E-state index contributed by atoms with van der Waals surface area (Å²) in [7, 11) is 0. The maximum Gasteiger partial charge on any atom is 0.338 e. The summed E-state index contributed by atoms with van der Waals surface area (Å²) in [6, 6.07) is 8.03. The van der Waals surface area contributed by atoms with E-state index in [4.69, 9.17) is 5.11 Å². The van der Waals surface area contributed by atoms with E-state index in [1.807, 2.05) is 12.1 Å². The van der Waals surface area contributed by atoms with Crippen molar-refractivity contribution in [2.45, 2.75) is 10.8 Å². The quantitative estimate of drug-likeness (QED) is 0.854. The molecule has 0 aliphatic carbocycles. The van der Waals surface area contributed by atoms with E-state index in [-0.39, 0.29) is 5.56 Å². The van der Waals surface area contributed by atoms with Crippen molar-refractivity contribution < 1.29 is 14.3 Å². The fourth-order valence-electron chi connectivity index (χ4n) is 1.46. The Balaban J connectivity index is 2.13. The van der Waals surface area contributed by atoms with Gasteiger partial charge in [0.25, 0.3) is 0 Å². The first kappa shape index (κ1) is 14.0. The Hall–Kier alpha value is -1.40. The Morgan fingerprint density at radius 2 is 2.16 bits per heavy atom. The highest BCUT2D eigenvalue weighted by Gasteiger charge is 2.13. The lowest BCUT2D eigenvalue weighted by molar-refractivity contribution is 0.0691. The van der Waals surface area contributed by atoms with Crippen molar-refractivity contribution in [3.63, 3.8) is 0 Å². The summed E-state index contributed by atoms with van der Waals surface area (Å²) >= 11 is 4.63. The van der Waals surface area contributed by atoms with Crippen LogP contribution in [0.3, 0.4) is 0 Å². The molecule has 0 unspecified atom stereocenters. The van der Waals surface area contributed by atoms with Gasteiger partial charge >= 0.3 is 5.97 Å². The van der Waals surface area contributed by atoms with E-state index in [0.717, 1.165) is 9.50 Å². The number of thioether (sulfide) groups is 1. The molecule has 0 bridgehead atoms. The van der Waals surface area contributed by atoms with Gasteiger partial charge in [0.1, 0.15) is 5.82 Å². The molecule has 0 atom stereocenters. The van der Waals surface area contributed by atoms with Crippen LogP contribution in [0.25, 0.3) is 0 Å². The lowest BCUT2D eigenvalue weighted by atomic mass is 10.1. The molecule has 0 aliphatic heterocycles. The molecule has 0 saturated heterocycles. The average Bonchev–Trinajstić information content (AvgIpc) is 2.39. The van der Waals surface area contributed by atoms with Gasteiger partial charge in [0, 0.05) is 16.4 Å². The molecule has 1 aromatic heterocycles. The summed E-state index contributed by atoms with van der Waals surface area (Å²) in [5, 5.41) is 9.59. The van der Waals surface area contributed by atoms with Gasteiger partial charge < -0.3 is 5.11 Å². The van der Waals surface area contributed by atoms with Gasteiger partial charge in [-0.2, -0.15) is 0 Å². The van der Waals surface area contributed by atoms with Crippen LogP contribution in [-0.4, -0.2) is 16.1 Å². The van der Waals surface area contributed by atoms with Gasteiger partial charge in [-0.3, -0.25) is 0 Å². The SMILES string of the molecule is O=C(O)c1cccc(CSc2ccc(Br)cn2)c1F. The van der Waals surface area contributed by atoms with E-state index in [1.54, 1.807) is 12.3 Å². The molecule has 1 aromatic carbocycles. The number of benzene rings is 1. The van der Waals surface area contributed by atoms with E-state index in [0.29, 0.717) is 11.3 Å². The first-order chi connectivity index (χ1) is 9.08. The Morgan fingerprint density at radius 3 is 2.79 bits per heavy atom. The van der Waals surface area contributed by atoms with Crippen molar-refractivity contribution in [3.05, 3.63) is 57.9 Å². The zero-order valence-electron chi connectivity index (χ0n) is 9.64. The summed E-state index contributed by atoms with van der Waals surface area (Å²) in [6.45, 7) is 0. The molecule has 3 nitrogen and oxygen atoms in total. The number of carboxylic acid groups (broad SMARTS) is 1. The van der Waals surface area contributed by atoms with E-state index in [1.165, 1.54) is 23.9 Å². The number of pyridine rings is 1. The largest absolute Gasteiger partial charge is 0.478 e. The maximum atomic E-state index is 13.9. The number of hydrogen-bond acceptors (Lipinski definition) is 3. The molecular formula is C13H9BrFNO2S. The van der Waals surface area contributed by atoms with E-state index in [2.05, 4.69) is 20.9 Å². The number of carboxylic acids is 1. The molecule has 0 radical (unpaired) electrons. The molecular weight excluding hydrogens is 333 g/mol. The molecule has 0 spiro atoms. The van der Waals surface area contributed by atoms with Crippen LogP contribution in [0.1, 0.15) is 15.9 Å². The van der Waals surface area contributed by atoms with Crippen LogP contribution in [0.15, 0.2) is 46.0 Å². The average molecular weight is 342 g/mol. The zero-order valence-corrected chi connectivity index (χ0v) is 12.0. The summed E-state index contributed by atoms with van der Waals surface area (Å²) in [5.74, 6) is -1.60. The van der Waals surface area contributed by atoms with Crippen LogP contribution in [0.2, 0.25) is 0 Å². The number of carbonyl (C=O) groups is 1. The second-order valence-electron chi connectivity index (χ2n) is 3.69. The summed E-state index contributed by atoms with van der Waals surface area (Å²) in [6.07, 6.45) is 1.66. The number of hydrogen-bond donors (Lipinski definition) is 1. The van der Waals surface area contributed by atoms with Gasteiger partial charge in [-0.1, -0.05) is 12.1 Å². The van der Waals surface area contributed by atoms with Crippen LogP contribution < -0.4 is 0 Å². The van der Waals surface area contributed by atoms with E-state index < -0.39 is 11.8 Å². The summed E-state index contributed by atoms with van der Waals surface area (Å²) in [4.78, 5) is 15.0. The topological polar surface area (TPSA) is 50.2 Å². The molecule has 0 fully saturated rings. The van der Waals surface area contributed by atoms with Crippen molar-refractivity contribution in [2.75, 3.05) is 0 Å². The highest BCUT2D eigenvalue weighted by atomic mass is 79.9. The summed E-state index contributed by atoms with van der Waals surface area (Å²) < 4.78 is 14.7. The molecule has 19 heavy (non-hydrogen) atoms. The fraction of sp³-hybridized carbons (Fsp3) is 0.0769. The highest BCUT2D eigenvalue weighted by molar-refractivity contribution is 9.10. The summed E-state index contributed by atoms with van der Waals surface area (Å²) in [5.41, 5.74) is 0.0523. The Bertz CT molecular complexity index is 604. The third kappa shape index (κ3) is 3.54. The molecule has 2 aromatic rings. The van der Waals surface area contributed by atoms with Crippen molar-refractivity contribution in [2.24, 2.45) is 0 Å². The lowest BCUT2D eigenvalue weighted by Gasteiger charge is -2.05. The van der Waals surface area contributed by atoms with Gasteiger partial charge in [-0.05, 0) is 39.7 Å². The molecule has 1 N–H and O–H groups in total. The minimum Gasteiger partial charge on any atom is -0.478 e. The molecule has 0 aliphatic rings. The fourth-order valence-corrected chi connectivity index (χ4v) is 2.51. The van der Waals surface area contributed by atoms with Crippen LogP contribution in [0, 0.1) is 5.82 Å². The monoisotopic (exact) mass is 341 g/mol. The lowest BCUT2D eigenvalue weighted by Crippen LogP contribution is -2.02. The van der Waals surface area contributed by atoms with Crippen molar-refractivity contribution in [1.29, 1.82) is 0 Å². The first-order valence-electron chi connectivity index (χ1n) is 5.33. The number of rotatable bonds is 4. The third-order valence-corrected chi connectivity index (χ3v) is 3.85. The number of aromatic carboxylic acids is 1. The molecule has 1 heterocycles. The van der Waals surface area contributed by atoms with Crippen LogP contribution in [0.4, 0.5) is 4.39 Å². The van der Waals surface area contributed by atoms with E-state index >= 15 is 0 Å². The molecule has 98 valence electrons. The Morgan fingerprint density at radius 1 is 1.37 bits per heavy atom. The third-order valence-electron chi connectivity index (χ3n) is 2.38. The van der Waals surface area contributed by atoms with Gasteiger partial charge in [-0.15, -0.1) is 11.8 Å². The van der Waals surface area contributed by atoms with E-state index in [9.17, 15) is 9.18 Å². The number of nitrogens with zero attached hydrogens (tertiary/aromatic N) is 1. The molecule has 0 saturated carbocycles. The zero-order chi connectivity index (χ0) is 13.8. The molecule has 0 amide bonds. The van der Waals surface area contributed by atoms with Gasteiger partial charge in [0.15, 0.2) is 0 Å². The Labute approximate surface area is 122 Å². The minimum atomic E-state index is -1.26. The van der Waals surface area contributed by atoms with Gasteiger partial charge in [0.2, 0.25) is 0 Å². The minimum absolute atomic E-state index is 0.304. The van der Waals surface area contributed by atoms with Gasteiger partial charge in [-0.25, -0.2) is 14.2 Å². The predicted octanol–water partition coefficient (Wildman–Crippen LogP) is 3.97.